The second kappa shape index (κ2) is 6.25. The molecule has 0 aliphatic heterocycles. The first-order valence-corrected chi connectivity index (χ1v) is 6.35. The van der Waals surface area contributed by atoms with E-state index in [0.717, 1.165) is 12.1 Å². The summed E-state index contributed by atoms with van der Waals surface area (Å²) in [5.74, 6) is 0.712. The van der Waals surface area contributed by atoms with E-state index >= 15 is 0 Å². The van der Waals surface area contributed by atoms with Gasteiger partial charge in [-0.25, -0.2) is 0 Å². The summed E-state index contributed by atoms with van der Waals surface area (Å²) in [5.41, 5.74) is 2.06. The standard InChI is InChI=1S/C16H19NO2/c1-12(17-11-13-7-4-3-5-8-13)14-9-6-10-15(19-2)16(14)18/h3-10,12,17-18H,11H2,1-2H3/t12-/m0/s1. The van der Waals surface area contributed by atoms with Crippen molar-refractivity contribution in [2.75, 3.05) is 7.11 Å². The van der Waals surface area contributed by atoms with Gasteiger partial charge in [0.15, 0.2) is 11.5 Å². The van der Waals surface area contributed by atoms with Crippen molar-refractivity contribution in [1.82, 2.24) is 5.32 Å². The SMILES string of the molecule is COc1cccc([C@H](C)NCc2ccccc2)c1O. The van der Waals surface area contributed by atoms with Gasteiger partial charge >= 0.3 is 0 Å². The molecule has 2 N–H and O–H groups in total. The summed E-state index contributed by atoms with van der Waals surface area (Å²) in [5, 5.41) is 13.5. The summed E-state index contributed by atoms with van der Waals surface area (Å²) in [7, 11) is 1.56. The van der Waals surface area contributed by atoms with Gasteiger partial charge in [-0.1, -0.05) is 42.5 Å². The van der Waals surface area contributed by atoms with Crippen molar-refractivity contribution >= 4 is 0 Å². The number of hydrogen-bond donors (Lipinski definition) is 2. The largest absolute Gasteiger partial charge is 0.504 e. The van der Waals surface area contributed by atoms with Gasteiger partial charge in [0.05, 0.1) is 7.11 Å². The van der Waals surface area contributed by atoms with E-state index in [1.165, 1.54) is 5.56 Å². The van der Waals surface area contributed by atoms with Crippen molar-refractivity contribution in [1.29, 1.82) is 0 Å². The molecule has 0 aromatic heterocycles. The molecule has 0 aliphatic carbocycles. The number of methoxy groups -OCH3 is 1. The molecule has 0 bridgehead atoms. The molecule has 3 heteroatoms. The van der Waals surface area contributed by atoms with Crippen molar-refractivity contribution < 1.29 is 9.84 Å². The number of ether oxygens (including phenoxy) is 1. The summed E-state index contributed by atoms with van der Waals surface area (Å²) in [6.45, 7) is 2.79. The second-order valence-corrected chi connectivity index (χ2v) is 4.49. The number of para-hydroxylation sites is 1. The zero-order chi connectivity index (χ0) is 13.7. The molecule has 0 amide bonds. The smallest absolute Gasteiger partial charge is 0.162 e. The monoisotopic (exact) mass is 257 g/mol. The topological polar surface area (TPSA) is 41.5 Å². The summed E-state index contributed by atoms with van der Waals surface area (Å²) in [6.07, 6.45) is 0. The molecule has 0 radical (unpaired) electrons. The molecule has 2 aromatic rings. The minimum absolute atomic E-state index is 0.0512. The number of hydrogen-bond acceptors (Lipinski definition) is 3. The van der Waals surface area contributed by atoms with E-state index in [1.54, 1.807) is 13.2 Å². The minimum Gasteiger partial charge on any atom is -0.504 e. The fourth-order valence-electron chi connectivity index (χ4n) is 2.03. The van der Waals surface area contributed by atoms with Crippen LogP contribution in [0.25, 0.3) is 0 Å². The van der Waals surface area contributed by atoms with E-state index in [4.69, 9.17) is 4.74 Å². The number of nitrogens with one attached hydrogen (secondary N) is 1. The molecule has 0 fully saturated rings. The minimum atomic E-state index is 0.0512. The zero-order valence-corrected chi connectivity index (χ0v) is 11.3. The first-order chi connectivity index (χ1) is 9.22. The lowest BCUT2D eigenvalue weighted by Gasteiger charge is -2.17. The molecule has 0 unspecified atom stereocenters. The van der Waals surface area contributed by atoms with E-state index < -0.39 is 0 Å². The fourth-order valence-corrected chi connectivity index (χ4v) is 2.03. The van der Waals surface area contributed by atoms with Crippen LogP contribution in [0.1, 0.15) is 24.1 Å². The van der Waals surface area contributed by atoms with Gasteiger partial charge in [0, 0.05) is 18.2 Å². The molecule has 2 aromatic carbocycles. The Hall–Kier alpha value is -2.00. The molecule has 0 aliphatic rings. The first kappa shape index (κ1) is 13.4. The van der Waals surface area contributed by atoms with Crippen molar-refractivity contribution in [2.45, 2.75) is 19.5 Å². The Morgan fingerprint density at radius 2 is 1.84 bits per heavy atom. The molecule has 0 heterocycles. The molecular formula is C16H19NO2. The number of rotatable bonds is 5. The van der Waals surface area contributed by atoms with Gasteiger partial charge < -0.3 is 15.2 Å². The normalized spacial score (nSPS) is 12.1. The number of benzene rings is 2. The molecule has 0 saturated carbocycles. The molecule has 2 rings (SSSR count). The van der Waals surface area contributed by atoms with Crippen LogP contribution in [0.5, 0.6) is 11.5 Å². The van der Waals surface area contributed by atoms with Crippen LogP contribution in [0.15, 0.2) is 48.5 Å². The van der Waals surface area contributed by atoms with Crippen molar-refractivity contribution in [2.24, 2.45) is 0 Å². The van der Waals surface area contributed by atoms with Gasteiger partial charge in [0.25, 0.3) is 0 Å². The van der Waals surface area contributed by atoms with Crippen LogP contribution in [0.4, 0.5) is 0 Å². The van der Waals surface area contributed by atoms with Crippen LogP contribution in [0.2, 0.25) is 0 Å². The maximum Gasteiger partial charge on any atom is 0.162 e. The Morgan fingerprint density at radius 3 is 2.53 bits per heavy atom. The Bertz CT molecular complexity index is 526. The summed E-state index contributed by atoms with van der Waals surface area (Å²) < 4.78 is 5.12. The predicted octanol–water partition coefficient (Wildman–Crippen LogP) is 3.25. The Kier molecular flexibility index (Phi) is 4.42. The highest BCUT2D eigenvalue weighted by Crippen LogP contribution is 2.33. The predicted molar refractivity (Wildman–Crippen MR) is 76.4 cm³/mol. The van der Waals surface area contributed by atoms with E-state index in [9.17, 15) is 5.11 Å². The van der Waals surface area contributed by atoms with E-state index in [-0.39, 0.29) is 11.8 Å². The van der Waals surface area contributed by atoms with Crippen LogP contribution < -0.4 is 10.1 Å². The van der Waals surface area contributed by atoms with E-state index in [1.807, 2.05) is 37.3 Å². The molecule has 0 spiro atoms. The van der Waals surface area contributed by atoms with Gasteiger partial charge in [-0.2, -0.15) is 0 Å². The molecule has 1 atom stereocenters. The average molecular weight is 257 g/mol. The highest BCUT2D eigenvalue weighted by atomic mass is 16.5. The quantitative estimate of drug-likeness (QED) is 0.864. The lowest BCUT2D eigenvalue weighted by atomic mass is 10.1. The zero-order valence-electron chi connectivity index (χ0n) is 11.3. The Morgan fingerprint density at radius 1 is 1.11 bits per heavy atom. The number of phenols is 1. The van der Waals surface area contributed by atoms with Gasteiger partial charge in [0.2, 0.25) is 0 Å². The third kappa shape index (κ3) is 3.26. The molecule has 3 nitrogen and oxygen atoms in total. The van der Waals surface area contributed by atoms with Crippen LogP contribution in [-0.2, 0) is 6.54 Å². The summed E-state index contributed by atoms with van der Waals surface area (Å²) in [4.78, 5) is 0. The highest BCUT2D eigenvalue weighted by molar-refractivity contribution is 5.46. The highest BCUT2D eigenvalue weighted by Gasteiger charge is 2.13. The van der Waals surface area contributed by atoms with Crippen molar-refractivity contribution in [3.8, 4) is 11.5 Å². The van der Waals surface area contributed by atoms with Gasteiger partial charge in [-0.3, -0.25) is 0 Å². The molecule has 100 valence electrons. The van der Waals surface area contributed by atoms with E-state index in [2.05, 4.69) is 17.4 Å². The third-order valence-corrected chi connectivity index (χ3v) is 3.17. The number of aromatic hydroxyl groups is 1. The van der Waals surface area contributed by atoms with Gasteiger partial charge in [0.1, 0.15) is 0 Å². The van der Waals surface area contributed by atoms with Crippen LogP contribution >= 0.6 is 0 Å². The number of phenolic OH excluding ortho intramolecular Hbond substituents is 1. The Balaban J connectivity index is 2.06. The first-order valence-electron chi connectivity index (χ1n) is 6.35. The fraction of sp³-hybridized carbons (Fsp3) is 0.250. The second-order valence-electron chi connectivity index (χ2n) is 4.49. The third-order valence-electron chi connectivity index (χ3n) is 3.17. The summed E-state index contributed by atoms with van der Waals surface area (Å²) in [6, 6.07) is 15.8. The van der Waals surface area contributed by atoms with E-state index in [0.29, 0.717) is 5.75 Å². The van der Waals surface area contributed by atoms with Gasteiger partial charge in [-0.05, 0) is 18.6 Å². The van der Waals surface area contributed by atoms with Crippen molar-refractivity contribution in [3.63, 3.8) is 0 Å². The maximum absolute atomic E-state index is 10.1. The maximum atomic E-state index is 10.1. The lowest BCUT2D eigenvalue weighted by Crippen LogP contribution is -2.18. The summed E-state index contributed by atoms with van der Waals surface area (Å²) >= 11 is 0. The van der Waals surface area contributed by atoms with Crippen LogP contribution in [-0.4, -0.2) is 12.2 Å². The molecule has 0 saturated heterocycles. The lowest BCUT2D eigenvalue weighted by molar-refractivity contribution is 0.366. The van der Waals surface area contributed by atoms with Crippen molar-refractivity contribution in [3.05, 3.63) is 59.7 Å². The molecule has 19 heavy (non-hydrogen) atoms. The van der Waals surface area contributed by atoms with Crippen LogP contribution in [0.3, 0.4) is 0 Å². The van der Waals surface area contributed by atoms with Gasteiger partial charge in [-0.15, -0.1) is 0 Å². The Labute approximate surface area is 113 Å². The average Bonchev–Trinajstić information content (AvgIpc) is 2.46. The van der Waals surface area contributed by atoms with Crippen LogP contribution in [0, 0.1) is 0 Å². The molecular weight excluding hydrogens is 238 g/mol.